The van der Waals surface area contributed by atoms with Crippen molar-refractivity contribution in [1.29, 1.82) is 0 Å². The molecule has 0 spiro atoms. The Balaban J connectivity index is 2.20. The monoisotopic (exact) mass is 144 g/mol. The summed E-state index contributed by atoms with van der Waals surface area (Å²) in [6.45, 7) is 4.61. The first-order chi connectivity index (χ1) is 4.36. The van der Waals surface area contributed by atoms with Gasteiger partial charge in [0.15, 0.2) is 0 Å². The smallest absolute Gasteiger partial charge is 0.00474 e. The van der Waals surface area contributed by atoms with Gasteiger partial charge in [-0.2, -0.15) is 11.8 Å². The van der Waals surface area contributed by atoms with E-state index in [0.29, 0.717) is 0 Å². The van der Waals surface area contributed by atoms with Gasteiger partial charge in [-0.1, -0.05) is 20.3 Å². The van der Waals surface area contributed by atoms with Crippen LogP contribution in [0.1, 0.15) is 33.1 Å². The highest BCUT2D eigenvalue weighted by Crippen LogP contribution is 2.34. The van der Waals surface area contributed by atoms with E-state index < -0.39 is 0 Å². The maximum absolute atomic E-state index is 2.31. The molecule has 1 saturated heterocycles. The van der Waals surface area contributed by atoms with Crippen molar-refractivity contribution in [2.24, 2.45) is 5.92 Å². The largest absolute Gasteiger partial charge is 0.158 e. The highest BCUT2D eigenvalue weighted by Gasteiger charge is 2.21. The molecule has 54 valence electrons. The van der Waals surface area contributed by atoms with Gasteiger partial charge < -0.3 is 0 Å². The van der Waals surface area contributed by atoms with Crippen molar-refractivity contribution in [3.8, 4) is 0 Å². The molecule has 0 aliphatic carbocycles. The van der Waals surface area contributed by atoms with E-state index in [1.807, 2.05) is 0 Å². The van der Waals surface area contributed by atoms with Gasteiger partial charge in [-0.25, -0.2) is 0 Å². The molecule has 1 heteroatoms. The lowest BCUT2D eigenvalue weighted by molar-refractivity contribution is 0.535. The first kappa shape index (κ1) is 7.46. The van der Waals surface area contributed by atoms with Crippen LogP contribution in [-0.2, 0) is 0 Å². The van der Waals surface area contributed by atoms with Gasteiger partial charge in [0, 0.05) is 5.25 Å². The summed E-state index contributed by atoms with van der Waals surface area (Å²) in [7, 11) is 0. The van der Waals surface area contributed by atoms with Crippen LogP contribution in [0.25, 0.3) is 0 Å². The summed E-state index contributed by atoms with van der Waals surface area (Å²) in [5, 5.41) is 0.995. The van der Waals surface area contributed by atoms with Crippen LogP contribution in [0.2, 0.25) is 0 Å². The lowest BCUT2D eigenvalue weighted by atomic mass is 10.0. The van der Waals surface area contributed by atoms with Crippen LogP contribution in [0, 0.1) is 5.92 Å². The van der Waals surface area contributed by atoms with Gasteiger partial charge in [0.1, 0.15) is 0 Å². The van der Waals surface area contributed by atoms with Gasteiger partial charge in [-0.3, -0.25) is 0 Å². The van der Waals surface area contributed by atoms with Gasteiger partial charge in [0.05, 0.1) is 0 Å². The van der Waals surface area contributed by atoms with Gasteiger partial charge in [-0.05, 0) is 24.5 Å². The van der Waals surface area contributed by atoms with E-state index in [2.05, 4.69) is 25.6 Å². The van der Waals surface area contributed by atoms with Crippen molar-refractivity contribution in [2.45, 2.75) is 38.4 Å². The molecule has 1 rings (SSSR count). The first-order valence-corrected chi connectivity index (χ1v) is 5.03. The second kappa shape index (κ2) is 3.50. The van der Waals surface area contributed by atoms with E-state index in [1.54, 1.807) is 0 Å². The van der Waals surface area contributed by atoms with E-state index in [0.717, 1.165) is 11.2 Å². The molecule has 1 fully saturated rings. The lowest BCUT2D eigenvalue weighted by Gasteiger charge is -2.03. The van der Waals surface area contributed by atoms with Crippen molar-refractivity contribution < 1.29 is 0 Å². The average Bonchev–Trinajstić information content (AvgIpc) is 2.34. The summed E-state index contributed by atoms with van der Waals surface area (Å²) in [4.78, 5) is 0. The summed E-state index contributed by atoms with van der Waals surface area (Å²) in [5.41, 5.74) is 0. The Morgan fingerprint density at radius 3 is 2.44 bits per heavy atom. The molecule has 0 radical (unpaired) electrons. The van der Waals surface area contributed by atoms with Crippen molar-refractivity contribution in [2.75, 3.05) is 5.75 Å². The molecule has 1 aliphatic heterocycles. The summed E-state index contributed by atoms with van der Waals surface area (Å²) in [6, 6.07) is 0. The van der Waals surface area contributed by atoms with Gasteiger partial charge in [0.2, 0.25) is 0 Å². The van der Waals surface area contributed by atoms with E-state index in [-0.39, 0.29) is 0 Å². The SMILES string of the molecule is CCC1CSC(CC)C1. The molecule has 1 aliphatic rings. The zero-order valence-corrected chi connectivity index (χ0v) is 7.21. The van der Waals surface area contributed by atoms with E-state index >= 15 is 0 Å². The fraction of sp³-hybridized carbons (Fsp3) is 1.00. The van der Waals surface area contributed by atoms with Gasteiger partial charge in [-0.15, -0.1) is 0 Å². The van der Waals surface area contributed by atoms with E-state index in [9.17, 15) is 0 Å². The van der Waals surface area contributed by atoms with Crippen molar-refractivity contribution >= 4 is 11.8 Å². The Morgan fingerprint density at radius 2 is 2.11 bits per heavy atom. The van der Waals surface area contributed by atoms with Crippen LogP contribution >= 0.6 is 11.8 Å². The maximum atomic E-state index is 2.31. The molecule has 0 aromatic heterocycles. The van der Waals surface area contributed by atoms with E-state index in [1.165, 1.54) is 25.0 Å². The number of rotatable bonds is 2. The first-order valence-electron chi connectivity index (χ1n) is 3.98. The van der Waals surface area contributed by atoms with Crippen LogP contribution in [0.15, 0.2) is 0 Å². The summed E-state index contributed by atoms with van der Waals surface area (Å²) in [6.07, 6.45) is 4.25. The third-order valence-electron chi connectivity index (χ3n) is 2.20. The van der Waals surface area contributed by atoms with Crippen LogP contribution in [0.5, 0.6) is 0 Å². The second-order valence-electron chi connectivity index (χ2n) is 2.87. The molecule has 0 saturated carbocycles. The normalized spacial score (nSPS) is 35.3. The molecule has 1 heterocycles. The third-order valence-corrected chi connectivity index (χ3v) is 3.86. The summed E-state index contributed by atoms with van der Waals surface area (Å²) >= 11 is 2.18. The highest BCUT2D eigenvalue weighted by molar-refractivity contribution is 8.00. The zero-order valence-electron chi connectivity index (χ0n) is 6.39. The molecule has 9 heavy (non-hydrogen) atoms. The molecular formula is C8H16S. The second-order valence-corrected chi connectivity index (χ2v) is 4.21. The lowest BCUT2D eigenvalue weighted by Crippen LogP contribution is -1.98. The quantitative estimate of drug-likeness (QED) is 0.574. The number of hydrogen-bond acceptors (Lipinski definition) is 1. The maximum Gasteiger partial charge on any atom is 0.00474 e. The van der Waals surface area contributed by atoms with Gasteiger partial charge in [0.25, 0.3) is 0 Å². The average molecular weight is 144 g/mol. The fourth-order valence-electron chi connectivity index (χ4n) is 1.35. The molecule has 0 amide bonds. The molecule has 0 aromatic carbocycles. The minimum atomic E-state index is 0.995. The predicted octanol–water partition coefficient (Wildman–Crippen LogP) is 2.93. The van der Waals surface area contributed by atoms with Crippen LogP contribution in [-0.4, -0.2) is 11.0 Å². The molecule has 0 nitrogen and oxygen atoms in total. The fourth-order valence-corrected chi connectivity index (χ4v) is 2.91. The minimum Gasteiger partial charge on any atom is -0.158 e. The van der Waals surface area contributed by atoms with Crippen LogP contribution < -0.4 is 0 Å². The summed E-state index contributed by atoms with van der Waals surface area (Å²) in [5.74, 6) is 2.47. The van der Waals surface area contributed by atoms with Gasteiger partial charge >= 0.3 is 0 Å². The standard InChI is InChI=1S/C8H16S/c1-3-7-5-8(4-2)9-6-7/h7-8H,3-6H2,1-2H3. The molecule has 2 unspecified atom stereocenters. The van der Waals surface area contributed by atoms with Crippen molar-refractivity contribution in [1.82, 2.24) is 0 Å². The zero-order chi connectivity index (χ0) is 6.69. The molecule has 0 aromatic rings. The highest BCUT2D eigenvalue weighted by atomic mass is 32.2. The Bertz CT molecular complexity index is 70.6. The third kappa shape index (κ3) is 1.89. The Morgan fingerprint density at radius 1 is 1.33 bits per heavy atom. The number of thioether (sulfide) groups is 1. The molecule has 0 bridgehead atoms. The minimum absolute atomic E-state index is 0.995. The Kier molecular flexibility index (Phi) is 2.90. The molecular weight excluding hydrogens is 128 g/mol. The van der Waals surface area contributed by atoms with Crippen molar-refractivity contribution in [3.63, 3.8) is 0 Å². The Labute approximate surface area is 62.4 Å². The van der Waals surface area contributed by atoms with E-state index in [4.69, 9.17) is 0 Å². The molecule has 2 atom stereocenters. The number of hydrogen-bond donors (Lipinski definition) is 0. The molecule has 0 N–H and O–H groups in total. The Hall–Kier alpha value is 0.350. The predicted molar refractivity (Wildman–Crippen MR) is 44.9 cm³/mol. The topological polar surface area (TPSA) is 0 Å². The summed E-state index contributed by atoms with van der Waals surface area (Å²) < 4.78 is 0. The van der Waals surface area contributed by atoms with Crippen LogP contribution in [0.3, 0.4) is 0 Å². The van der Waals surface area contributed by atoms with Crippen LogP contribution in [0.4, 0.5) is 0 Å². The van der Waals surface area contributed by atoms with Crippen molar-refractivity contribution in [3.05, 3.63) is 0 Å².